The molecule has 2 aromatic carbocycles. The first kappa shape index (κ1) is 21.2. The Kier molecular flexibility index (Phi) is 6.77. The van der Waals surface area contributed by atoms with Gasteiger partial charge in [0.25, 0.3) is 0 Å². The zero-order valence-corrected chi connectivity index (χ0v) is 17.4. The molecule has 1 saturated heterocycles. The Morgan fingerprint density at radius 1 is 1.00 bits per heavy atom. The van der Waals surface area contributed by atoms with Crippen LogP contribution in [0.5, 0.6) is 0 Å². The van der Waals surface area contributed by atoms with Gasteiger partial charge in [-0.15, -0.1) is 0 Å². The predicted molar refractivity (Wildman–Crippen MR) is 114 cm³/mol. The molecule has 0 spiro atoms. The summed E-state index contributed by atoms with van der Waals surface area (Å²) in [5.74, 6) is -0.757. The molecule has 31 heavy (non-hydrogen) atoms. The van der Waals surface area contributed by atoms with Gasteiger partial charge in [0, 0.05) is 24.7 Å². The van der Waals surface area contributed by atoms with Crippen molar-refractivity contribution in [1.29, 1.82) is 0 Å². The summed E-state index contributed by atoms with van der Waals surface area (Å²) in [6.45, 7) is 0.929. The minimum atomic E-state index is -0.591. The largest absolute Gasteiger partial charge is 0.447 e. The Hall–Kier alpha value is -2.99. The molecule has 1 saturated carbocycles. The highest BCUT2D eigenvalue weighted by atomic mass is 16.6. The van der Waals surface area contributed by atoms with Crippen LogP contribution in [0, 0.1) is 11.8 Å². The Morgan fingerprint density at radius 2 is 1.68 bits per heavy atom. The topological polar surface area (TPSA) is 72.9 Å². The third-order valence-corrected chi connectivity index (χ3v) is 6.07. The smallest absolute Gasteiger partial charge is 0.416 e. The van der Waals surface area contributed by atoms with E-state index in [1.54, 1.807) is 0 Å². The van der Waals surface area contributed by atoms with Gasteiger partial charge in [-0.3, -0.25) is 9.59 Å². The van der Waals surface area contributed by atoms with E-state index in [-0.39, 0.29) is 30.3 Å². The maximum atomic E-state index is 13.4. The predicted octanol–water partition coefficient (Wildman–Crippen LogP) is 3.78. The van der Waals surface area contributed by atoms with Gasteiger partial charge in [0.1, 0.15) is 12.4 Å². The second-order valence-electron chi connectivity index (χ2n) is 8.28. The maximum absolute atomic E-state index is 13.4. The van der Waals surface area contributed by atoms with E-state index in [0.717, 1.165) is 11.1 Å². The van der Waals surface area contributed by atoms with Crippen LogP contribution in [0.15, 0.2) is 60.7 Å². The molecule has 6 heteroatoms. The normalized spacial score (nSPS) is 23.6. The molecule has 2 aliphatic rings. The average molecular weight is 421 g/mol. The van der Waals surface area contributed by atoms with Crippen LogP contribution in [0.25, 0.3) is 0 Å². The number of cyclic esters (lactones) is 1. The summed E-state index contributed by atoms with van der Waals surface area (Å²) in [5.41, 5.74) is 2.09. The molecule has 0 bridgehead atoms. The van der Waals surface area contributed by atoms with Gasteiger partial charge in [-0.1, -0.05) is 60.7 Å². The van der Waals surface area contributed by atoms with Gasteiger partial charge in [-0.25, -0.2) is 9.69 Å². The number of carbonyl (C=O) groups is 3. The van der Waals surface area contributed by atoms with Crippen LogP contribution >= 0.6 is 0 Å². The number of Topliss-reactive ketones (excluding diaryl/α,β-unsaturated/α-hetero) is 1. The molecule has 2 amide bonds. The molecule has 4 rings (SSSR count). The van der Waals surface area contributed by atoms with Crippen molar-refractivity contribution in [2.45, 2.75) is 38.3 Å². The molecule has 0 unspecified atom stereocenters. The van der Waals surface area contributed by atoms with Gasteiger partial charge in [-0.2, -0.15) is 0 Å². The summed E-state index contributed by atoms with van der Waals surface area (Å²) in [6, 6.07) is 19.2. The van der Waals surface area contributed by atoms with Crippen molar-refractivity contribution in [3.05, 3.63) is 71.8 Å². The van der Waals surface area contributed by atoms with Crippen LogP contribution < -0.4 is 0 Å². The lowest BCUT2D eigenvalue weighted by atomic mass is 9.78. The summed E-state index contributed by atoms with van der Waals surface area (Å²) < 4.78 is 11.1. The summed E-state index contributed by atoms with van der Waals surface area (Å²) >= 11 is 0. The Balaban J connectivity index is 1.43. The zero-order chi connectivity index (χ0) is 21.6. The molecule has 3 atom stereocenters. The Morgan fingerprint density at radius 3 is 2.39 bits per heavy atom. The first-order chi connectivity index (χ1) is 15.1. The van der Waals surface area contributed by atoms with Crippen molar-refractivity contribution < 1.29 is 23.9 Å². The Bertz CT molecular complexity index is 914. The summed E-state index contributed by atoms with van der Waals surface area (Å²) in [7, 11) is 0. The number of carbonyl (C=O) groups excluding carboxylic acids is 3. The minimum Gasteiger partial charge on any atom is -0.447 e. The first-order valence-electron chi connectivity index (χ1n) is 10.8. The fraction of sp³-hybridized carbons (Fsp3) is 0.400. The fourth-order valence-corrected chi connectivity index (χ4v) is 4.44. The molecule has 1 aliphatic heterocycles. The molecular formula is C25H27NO5. The van der Waals surface area contributed by atoms with Crippen LogP contribution in [0.3, 0.4) is 0 Å². The van der Waals surface area contributed by atoms with E-state index >= 15 is 0 Å². The number of imide groups is 1. The number of nitrogens with zero attached hydrogens (tertiary/aromatic N) is 1. The van der Waals surface area contributed by atoms with E-state index < -0.39 is 12.0 Å². The van der Waals surface area contributed by atoms with Gasteiger partial charge in [0.15, 0.2) is 0 Å². The number of ether oxygens (including phenoxy) is 2. The minimum absolute atomic E-state index is 0.141. The molecule has 2 aromatic rings. The molecule has 0 radical (unpaired) electrons. The number of amides is 2. The molecular weight excluding hydrogens is 394 g/mol. The van der Waals surface area contributed by atoms with Crippen LogP contribution in [-0.4, -0.2) is 41.9 Å². The number of hydrogen-bond acceptors (Lipinski definition) is 5. The first-order valence-corrected chi connectivity index (χ1v) is 10.8. The van der Waals surface area contributed by atoms with Crippen molar-refractivity contribution in [2.24, 2.45) is 11.8 Å². The van der Waals surface area contributed by atoms with E-state index in [1.807, 2.05) is 60.7 Å². The van der Waals surface area contributed by atoms with Crippen molar-refractivity contribution in [2.75, 3.05) is 13.2 Å². The molecule has 162 valence electrons. The van der Waals surface area contributed by atoms with E-state index in [1.165, 1.54) is 4.90 Å². The van der Waals surface area contributed by atoms with Crippen LogP contribution in [0.2, 0.25) is 0 Å². The lowest BCUT2D eigenvalue weighted by Crippen LogP contribution is -2.47. The number of ketones is 1. The highest BCUT2D eigenvalue weighted by Crippen LogP contribution is 2.32. The van der Waals surface area contributed by atoms with Crippen LogP contribution in [-0.2, 0) is 32.1 Å². The fourth-order valence-electron chi connectivity index (χ4n) is 4.44. The van der Waals surface area contributed by atoms with Crippen molar-refractivity contribution in [1.82, 2.24) is 4.90 Å². The number of benzene rings is 2. The standard InChI is InChI=1S/C25H27NO5/c27-22-11-12-23(20(14-22)16-30-15-19-9-5-2-6-10-19)24(28)26-21(17-31-25(26)29)13-18-7-3-1-4-8-18/h1-10,20-21,23H,11-17H2/t20-,21+,23+/m0/s1. The van der Waals surface area contributed by atoms with E-state index in [9.17, 15) is 14.4 Å². The number of rotatable bonds is 7. The van der Waals surface area contributed by atoms with Crippen molar-refractivity contribution >= 4 is 17.8 Å². The zero-order valence-electron chi connectivity index (χ0n) is 17.4. The lowest BCUT2D eigenvalue weighted by molar-refractivity contribution is -0.139. The quantitative estimate of drug-likeness (QED) is 0.680. The van der Waals surface area contributed by atoms with Gasteiger partial charge in [0.05, 0.1) is 19.3 Å². The third-order valence-electron chi connectivity index (χ3n) is 6.07. The second-order valence-corrected chi connectivity index (χ2v) is 8.28. The summed E-state index contributed by atoms with van der Waals surface area (Å²) in [5, 5.41) is 0. The maximum Gasteiger partial charge on any atom is 0.416 e. The lowest BCUT2D eigenvalue weighted by Gasteiger charge is -2.32. The Labute approximate surface area is 182 Å². The van der Waals surface area contributed by atoms with E-state index in [2.05, 4.69) is 0 Å². The summed E-state index contributed by atoms with van der Waals surface area (Å²) in [6.07, 6.45) is 1.07. The van der Waals surface area contributed by atoms with Crippen molar-refractivity contribution in [3.8, 4) is 0 Å². The average Bonchev–Trinajstić information content (AvgIpc) is 3.15. The third kappa shape index (κ3) is 5.20. The van der Waals surface area contributed by atoms with E-state index in [4.69, 9.17) is 9.47 Å². The molecule has 1 aliphatic carbocycles. The van der Waals surface area contributed by atoms with Gasteiger partial charge in [-0.05, 0) is 24.0 Å². The van der Waals surface area contributed by atoms with Gasteiger partial charge >= 0.3 is 6.09 Å². The molecule has 1 heterocycles. The van der Waals surface area contributed by atoms with Gasteiger partial charge in [0.2, 0.25) is 5.91 Å². The number of hydrogen-bond donors (Lipinski definition) is 0. The summed E-state index contributed by atoms with van der Waals surface area (Å²) in [4.78, 5) is 39.2. The molecule has 0 aromatic heterocycles. The van der Waals surface area contributed by atoms with Crippen LogP contribution in [0.1, 0.15) is 30.4 Å². The highest BCUT2D eigenvalue weighted by Gasteiger charge is 2.44. The molecule has 6 nitrogen and oxygen atoms in total. The monoisotopic (exact) mass is 421 g/mol. The van der Waals surface area contributed by atoms with Crippen LogP contribution in [0.4, 0.5) is 4.79 Å². The second kappa shape index (κ2) is 9.88. The van der Waals surface area contributed by atoms with Crippen molar-refractivity contribution in [3.63, 3.8) is 0 Å². The van der Waals surface area contributed by atoms with E-state index in [0.29, 0.717) is 38.9 Å². The molecule has 2 fully saturated rings. The SMILES string of the molecule is O=C1CC[C@@H](C(=O)N2C(=O)OC[C@H]2Cc2ccccc2)[C@H](COCc2ccccc2)C1. The highest BCUT2D eigenvalue weighted by molar-refractivity contribution is 5.96. The molecule has 0 N–H and O–H groups in total. The van der Waals surface area contributed by atoms with Gasteiger partial charge < -0.3 is 9.47 Å².